The van der Waals surface area contributed by atoms with Gasteiger partial charge in [0, 0.05) is 11.8 Å². The average Bonchev–Trinajstić information content (AvgIpc) is 3.35. The van der Waals surface area contributed by atoms with Crippen LogP contribution in [0.15, 0.2) is 40.9 Å². The number of allylic oxidation sites excluding steroid dienone is 1. The molecule has 3 aromatic rings. The number of nitriles is 1. The summed E-state index contributed by atoms with van der Waals surface area (Å²) >= 11 is 0. The molecule has 0 spiro atoms. The van der Waals surface area contributed by atoms with Crippen molar-refractivity contribution in [1.82, 2.24) is 20.6 Å². The molecule has 3 rings (SSSR count). The van der Waals surface area contributed by atoms with Crippen molar-refractivity contribution < 1.29 is 14.3 Å². The number of nitrogens with zero attached hydrogens (tertiary/aromatic N) is 4. The molecule has 2 heterocycles. The van der Waals surface area contributed by atoms with Gasteiger partial charge in [-0.1, -0.05) is 0 Å². The van der Waals surface area contributed by atoms with Crippen molar-refractivity contribution in [2.24, 2.45) is 0 Å². The summed E-state index contributed by atoms with van der Waals surface area (Å²) in [5.41, 5.74) is 1.65. The van der Waals surface area contributed by atoms with Crippen molar-refractivity contribution in [3.05, 3.63) is 48.1 Å². The minimum Gasteiger partial charge on any atom is -0.492 e. The lowest BCUT2D eigenvalue weighted by molar-refractivity contribution is 0.248. The lowest BCUT2D eigenvalue weighted by Crippen LogP contribution is -1.99. The molecule has 0 bridgehead atoms. The first-order chi connectivity index (χ1) is 12.7. The Hall–Kier alpha value is -3.64. The molecular weight excluding hydrogens is 336 g/mol. The number of hydrogen-bond acceptors (Lipinski definition) is 8. The molecule has 0 aliphatic carbocycles. The predicted molar refractivity (Wildman–Crippen MR) is 92.6 cm³/mol. The topological polar surface area (TPSA) is 133 Å². The Kier molecular flexibility index (Phi) is 5.26. The monoisotopic (exact) mass is 352 g/mol. The fraction of sp³-hybridized carbons (Fsp3) is 0.176. The normalized spacial score (nSPS) is 11.2. The number of aromatic amines is 1. The fourth-order valence-electron chi connectivity index (χ4n) is 2.27. The Balaban J connectivity index is 1.93. The number of H-pyrrole nitrogens is 1. The minimum atomic E-state index is -0.166. The molecule has 26 heavy (non-hydrogen) atoms. The quantitative estimate of drug-likeness (QED) is 0.552. The summed E-state index contributed by atoms with van der Waals surface area (Å²) < 4.78 is 11.2. The maximum absolute atomic E-state index is 9.26. The number of aliphatic hydroxyl groups is 1. The second kappa shape index (κ2) is 7.96. The standard InChI is InChI=1S/C17H16N6O3/c1-2-25-16-5-3-11(15-6-4-13(10-24)26-15)7-14(16)19-9-12(8-18)17-20-22-23-21-17/h3-7,9,19,24H,2,10H2,1H3,(H,20,21,22,23). The molecule has 0 radical (unpaired) electrons. The third-order valence-corrected chi connectivity index (χ3v) is 3.46. The van der Waals surface area contributed by atoms with E-state index in [0.717, 1.165) is 5.56 Å². The summed E-state index contributed by atoms with van der Waals surface area (Å²) in [6.07, 6.45) is 1.48. The summed E-state index contributed by atoms with van der Waals surface area (Å²) in [5.74, 6) is 1.90. The molecule has 0 atom stereocenters. The fourth-order valence-corrected chi connectivity index (χ4v) is 2.27. The number of tetrazole rings is 1. The molecule has 0 fully saturated rings. The van der Waals surface area contributed by atoms with Crippen molar-refractivity contribution in [3.63, 3.8) is 0 Å². The highest BCUT2D eigenvalue weighted by molar-refractivity contribution is 5.76. The highest BCUT2D eigenvalue weighted by Gasteiger charge is 2.11. The lowest BCUT2D eigenvalue weighted by Gasteiger charge is -2.11. The van der Waals surface area contributed by atoms with Crippen molar-refractivity contribution in [2.75, 3.05) is 11.9 Å². The van der Waals surface area contributed by atoms with E-state index in [1.807, 2.05) is 25.1 Å². The van der Waals surface area contributed by atoms with E-state index in [1.54, 1.807) is 18.2 Å². The SMILES string of the molecule is CCOc1ccc(-c2ccc(CO)o2)cc1NC=C(C#N)c1nn[nH]n1. The van der Waals surface area contributed by atoms with Crippen molar-refractivity contribution in [3.8, 4) is 23.1 Å². The molecule has 0 aliphatic rings. The molecule has 0 saturated heterocycles. The summed E-state index contributed by atoms with van der Waals surface area (Å²) in [4.78, 5) is 0. The van der Waals surface area contributed by atoms with E-state index in [2.05, 4.69) is 25.9 Å². The van der Waals surface area contributed by atoms with Gasteiger partial charge in [-0.2, -0.15) is 10.5 Å². The summed E-state index contributed by atoms with van der Waals surface area (Å²) in [6, 6.07) is 11.0. The smallest absolute Gasteiger partial charge is 0.216 e. The highest BCUT2D eigenvalue weighted by atomic mass is 16.5. The van der Waals surface area contributed by atoms with Crippen LogP contribution in [0.3, 0.4) is 0 Å². The number of aromatic nitrogens is 4. The third kappa shape index (κ3) is 3.71. The zero-order valence-electron chi connectivity index (χ0n) is 13.9. The van der Waals surface area contributed by atoms with E-state index in [0.29, 0.717) is 29.6 Å². The van der Waals surface area contributed by atoms with Crippen LogP contribution in [0.4, 0.5) is 5.69 Å². The van der Waals surface area contributed by atoms with E-state index in [4.69, 9.17) is 14.3 Å². The second-order valence-corrected chi connectivity index (χ2v) is 5.12. The van der Waals surface area contributed by atoms with Gasteiger partial charge >= 0.3 is 0 Å². The van der Waals surface area contributed by atoms with Gasteiger partial charge < -0.3 is 19.6 Å². The molecular formula is C17H16N6O3. The van der Waals surface area contributed by atoms with Gasteiger partial charge in [0.05, 0.1) is 12.3 Å². The van der Waals surface area contributed by atoms with Gasteiger partial charge in [0.1, 0.15) is 35.5 Å². The molecule has 2 aromatic heterocycles. The molecule has 0 saturated carbocycles. The highest BCUT2D eigenvalue weighted by Crippen LogP contribution is 2.32. The van der Waals surface area contributed by atoms with Gasteiger partial charge in [0.25, 0.3) is 0 Å². The maximum atomic E-state index is 9.26. The molecule has 9 heteroatoms. The number of nitrogens with one attached hydrogen (secondary N) is 2. The number of hydrogen-bond donors (Lipinski definition) is 3. The zero-order valence-corrected chi connectivity index (χ0v) is 13.9. The molecule has 3 N–H and O–H groups in total. The summed E-state index contributed by atoms with van der Waals surface area (Å²) in [6.45, 7) is 2.21. The van der Waals surface area contributed by atoms with E-state index >= 15 is 0 Å². The Labute approximate surface area is 148 Å². The van der Waals surface area contributed by atoms with Crippen molar-refractivity contribution in [1.29, 1.82) is 5.26 Å². The third-order valence-electron chi connectivity index (χ3n) is 3.46. The van der Waals surface area contributed by atoms with Gasteiger partial charge in [-0.25, -0.2) is 0 Å². The first-order valence-electron chi connectivity index (χ1n) is 7.82. The zero-order chi connectivity index (χ0) is 18.4. The first kappa shape index (κ1) is 17.2. The molecule has 0 amide bonds. The number of aliphatic hydroxyl groups excluding tert-OH is 1. The molecule has 132 valence electrons. The predicted octanol–water partition coefficient (Wildman–Crippen LogP) is 2.33. The average molecular weight is 352 g/mol. The van der Waals surface area contributed by atoms with Gasteiger partial charge in [-0.3, -0.25) is 0 Å². The van der Waals surface area contributed by atoms with Crippen LogP contribution in [0.2, 0.25) is 0 Å². The number of benzene rings is 1. The van der Waals surface area contributed by atoms with Crippen LogP contribution in [0.1, 0.15) is 18.5 Å². The van der Waals surface area contributed by atoms with E-state index in [1.165, 1.54) is 6.20 Å². The van der Waals surface area contributed by atoms with Crippen LogP contribution in [0.5, 0.6) is 5.75 Å². The Morgan fingerprint density at radius 3 is 2.96 bits per heavy atom. The molecule has 0 aliphatic heterocycles. The largest absolute Gasteiger partial charge is 0.492 e. The number of ether oxygens (including phenoxy) is 1. The van der Waals surface area contributed by atoms with E-state index < -0.39 is 0 Å². The van der Waals surface area contributed by atoms with E-state index in [-0.39, 0.29) is 18.0 Å². The Bertz CT molecular complexity index is 940. The summed E-state index contributed by atoms with van der Waals surface area (Å²) in [7, 11) is 0. The van der Waals surface area contributed by atoms with Gasteiger partial charge in [0.2, 0.25) is 5.82 Å². The number of rotatable bonds is 7. The molecule has 1 aromatic carbocycles. The van der Waals surface area contributed by atoms with Crippen LogP contribution in [0.25, 0.3) is 16.9 Å². The van der Waals surface area contributed by atoms with Crippen LogP contribution < -0.4 is 10.1 Å². The Morgan fingerprint density at radius 1 is 1.42 bits per heavy atom. The van der Waals surface area contributed by atoms with Crippen LogP contribution in [0, 0.1) is 11.3 Å². The second-order valence-electron chi connectivity index (χ2n) is 5.12. The lowest BCUT2D eigenvalue weighted by atomic mass is 10.1. The minimum absolute atomic E-state index is 0.166. The van der Waals surface area contributed by atoms with Crippen LogP contribution in [-0.2, 0) is 6.61 Å². The number of furan rings is 1. The Morgan fingerprint density at radius 2 is 2.31 bits per heavy atom. The molecule has 9 nitrogen and oxygen atoms in total. The number of anilines is 1. The van der Waals surface area contributed by atoms with Gasteiger partial charge in [0.15, 0.2) is 0 Å². The van der Waals surface area contributed by atoms with Gasteiger partial charge in [-0.05, 0) is 42.5 Å². The van der Waals surface area contributed by atoms with Crippen molar-refractivity contribution in [2.45, 2.75) is 13.5 Å². The maximum Gasteiger partial charge on any atom is 0.216 e. The van der Waals surface area contributed by atoms with Crippen molar-refractivity contribution >= 4 is 11.3 Å². The molecule has 0 unspecified atom stereocenters. The van der Waals surface area contributed by atoms with E-state index in [9.17, 15) is 5.26 Å². The van der Waals surface area contributed by atoms with Crippen LogP contribution >= 0.6 is 0 Å². The summed E-state index contributed by atoms with van der Waals surface area (Å²) in [5, 5.41) is 34.8. The van der Waals surface area contributed by atoms with Crippen LogP contribution in [-0.4, -0.2) is 32.3 Å². The van der Waals surface area contributed by atoms with Gasteiger partial charge in [-0.15, -0.1) is 10.2 Å². The first-order valence-corrected chi connectivity index (χ1v) is 7.82.